The number of ether oxygens (including phenoxy) is 1. The van der Waals surface area contributed by atoms with Crippen LogP contribution in [0.3, 0.4) is 0 Å². The number of nitrogens with two attached hydrogens (primary N) is 1. The number of nitrogen functional groups attached to an aromatic ring is 1. The molecule has 3 N–H and O–H groups in total. The van der Waals surface area contributed by atoms with Crippen molar-refractivity contribution < 1.29 is 14.3 Å². The maximum absolute atomic E-state index is 11.2. The zero-order chi connectivity index (χ0) is 11.3. The molecule has 0 unspecified atom stereocenters. The van der Waals surface area contributed by atoms with Gasteiger partial charge >= 0.3 is 5.97 Å². The zero-order valence-electron chi connectivity index (χ0n) is 8.32. The molecular weight excluding hydrogens is 196 g/mol. The number of nitrogens with one attached hydrogen (secondary N) is 1. The van der Waals surface area contributed by atoms with Crippen molar-refractivity contribution in [2.24, 2.45) is 5.84 Å². The monoisotopic (exact) mass is 208 g/mol. The second-order valence-electron chi connectivity index (χ2n) is 2.77. The molecule has 0 saturated carbocycles. The normalized spacial score (nSPS) is 9.47. The third-order valence-corrected chi connectivity index (χ3v) is 1.79. The van der Waals surface area contributed by atoms with Crippen molar-refractivity contribution in [3.8, 4) is 0 Å². The molecule has 0 spiro atoms. The summed E-state index contributed by atoms with van der Waals surface area (Å²) in [6, 6.07) is 6.05. The molecule has 1 amide bonds. The van der Waals surface area contributed by atoms with Crippen LogP contribution in [0.25, 0.3) is 0 Å². The van der Waals surface area contributed by atoms with Gasteiger partial charge in [0.1, 0.15) is 0 Å². The number of hydrogen-bond donors (Lipinski definition) is 2. The zero-order valence-corrected chi connectivity index (χ0v) is 8.32. The summed E-state index contributed by atoms with van der Waals surface area (Å²) in [6.45, 7) is 2.05. The predicted molar refractivity (Wildman–Crippen MR) is 54.1 cm³/mol. The van der Waals surface area contributed by atoms with Gasteiger partial charge in [0.25, 0.3) is 5.91 Å². The first kappa shape index (κ1) is 11.2. The van der Waals surface area contributed by atoms with Crippen LogP contribution in [0.1, 0.15) is 27.6 Å². The van der Waals surface area contributed by atoms with Crippen LogP contribution in [-0.4, -0.2) is 18.5 Å². The van der Waals surface area contributed by atoms with Gasteiger partial charge in [-0.3, -0.25) is 10.2 Å². The highest BCUT2D eigenvalue weighted by Gasteiger charge is 2.07. The van der Waals surface area contributed by atoms with Gasteiger partial charge in [-0.05, 0) is 31.2 Å². The molecule has 5 nitrogen and oxygen atoms in total. The molecule has 0 heterocycles. The molecule has 1 rings (SSSR count). The molecule has 0 fully saturated rings. The second kappa shape index (κ2) is 5.11. The number of benzene rings is 1. The summed E-state index contributed by atoms with van der Waals surface area (Å²) < 4.78 is 4.79. The molecule has 80 valence electrons. The fourth-order valence-electron chi connectivity index (χ4n) is 1.06. The summed E-state index contributed by atoms with van der Waals surface area (Å²) >= 11 is 0. The number of carbonyl (C=O) groups is 2. The van der Waals surface area contributed by atoms with Gasteiger partial charge in [-0.2, -0.15) is 0 Å². The molecule has 5 heteroatoms. The molecule has 0 aliphatic carbocycles. The maximum Gasteiger partial charge on any atom is 0.338 e. The number of carbonyl (C=O) groups excluding carboxylic acids is 2. The quantitative estimate of drug-likeness (QED) is 0.327. The van der Waals surface area contributed by atoms with Crippen LogP contribution in [0.15, 0.2) is 24.3 Å². The molecule has 0 bridgehead atoms. The molecule has 0 aliphatic heterocycles. The maximum atomic E-state index is 11.2. The number of amides is 1. The minimum Gasteiger partial charge on any atom is -0.462 e. The van der Waals surface area contributed by atoms with Crippen molar-refractivity contribution >= 4 is 11.9 Å². The number of hydrogen-bond acceptors (Lipinski definition) is 4. The van der Waals surface area contributed by atoms with Gasteiger partial charge in [0.05, 0.1) is 12.2 Å². The van der Waals surface area contributed by atoms with E-state index in [4.69, 9.17) is 10.6 Å². The van der Waals surface area contributed by atoms with Gasteiger partial charge < -0.3 is 4.74 Å². The lowest BCUT2D eigenvalue weighted by Crippen LogP contribution is -2.29. The molecule has 15 heavy (non-hydrogen) atoms. The second-order valence-corrected chi connectivity index (χ2v) is 2.77. The van der Waals surface area contributed by atoms with Crippen molar-refractivity contribution in [1.29, 1.82) is 0 Å². The lowest BCUT2D eigenvalue weighted by Gasteiger charge is -2.02. The average molecular weight is 208 g/mol. The summed E-state index contributed by atoms with van der Waals surface area (Å²) in [7, 11) is 0. The van der Waals surface area contributed by atoms with Crippen LogP contribution in [0.2, 0.25) is 0 Å². The molecule has 0 atom stereocenters. The summed E-state index contributed by atoms with van der Waals surface area (Å²) in [4.78, 5) is 22.3. The van der Waals surface area contributed by atoms with Gasteiger partial charge in [-0.1, -0.05) is 0 Å². The minimum atomic E-state index is -0.405. The first-order chi connectivity index (χ1) is 7.19. The van der Waals surface area contributed by atoms with Crippen LogP contribution >= 0.6 is 0 Å². The molecule has 0 aromatic heterocycles. The van der Waals surface area contributed by atoms with Crippen LogP contribution in [0.5, 0.6) is 0 Å². The smallest absolute Gasteiger partial charge is 0.338 e. The van der Waals surface area contributed by atoms with Gasteiger partial charge in [0.2, 0.25) is 0 Å². The Morgan fingerprint density at radius 2 is 1.80 bits per heavy atom. The SMILES string of the molecule is CCOC(=O)c1ccc(C(=O)NN)cc1. The Hall–Kier alpha value is -1.88. The minimum absolute atomic E-state index is 0.323. The van der Waals surface area contributed by atoms with Gasteiger partial charge in [0.15, 0.2) is 0 Å². The first-order valence-corrected chi connectivity index (χ1v) is 4.47. The third-order valence-electron chi connectivity index (χ3n) is 1.79. The molecule has 0 radical (unpaired) electrons. The standard InChI is InChI=1S/C10H12N2O3/c1-2-15-10(14)8-5-3-7(4-6-8)9(13)12-11/h3-6H,2,11H2,1H3,(H,12,13). The molecule has 1 aromatic carbocycles. The molecule has 1 aromatic rings. The van der Waals surface area contributed by atoms with E-state index in [0.717, 1.165) is 0 Å². The fourth-order valence-corrected chi connectivity index (χ4v) is 1.06. The summed E-state index contributed by atoms with van der Waals surface area (Å²) in [5.41, 5.74) is 2.80. The van der Waals surface area contributed by atoms with Gasteiger partial charge in [0, 0.05) is 5.56 Å². The highest BCUT2D eigenvalue weighted by Crippen LogP contribution is 2.05. The largest absolute Gasteiger partial charge is 0.462 e. The van der Waals surface area contributed by atoms with Crippen molar-refractivity contribution in [1.82, 2.24) is 5.43 Å². The van der Waals surface area contributed by atoms with Crippen LogP contribution in [0, 0.1) is 0 Å². The number of hydrazine groups is 1. The third kappa shape index (κ3) is 2.78. The summed E-state index contributed by atoms with van der Waals surface area (Å²) in [6.07, 6.45) is 0. The van der Waals surface area contributed by atoms with Crippen LogP contribution in [0.4, 0.5) is 0 Å². The van der Waals surface area contributed by atoms with E-state index in [1.54, 1.807) is 6.92 Å². The van der Waals surface area contributed by atoms with Gasteiger partial charge in [-0.25, -0.2) is 10.6 Å². The van der Waals surface area contributed by atoms with E-state index in [2.05, 4.69) is 0 Å². The Kier molecular flexibility index (Phi) is 3.82. The Labute approximate surface area is 87.2 Å². The Morgan fingerprint density at radius 1 is 1.27 bits per heavy atom. The van der Waals surface area contributed by atoms with Crippen molar-refractivity contribution in [3.63, 3.8) is 0 Å². The average Bonchev–Trinajstić information content (AvgIpc) is 2.28. The van der Waals surface area contributed by atoms with Gasteiger partial charge in [-0.15, -0.1) is 0 Å². The molecular formula is C10H12N2O3. The molecule has 0 aliphatic rings. The van der Waals surface area contributed by atoms with Crippen LogP contribution in [-0.2, 0) is 4.74 Å². The fraction of sp³-hybridized carbons (Fsp3) is 0.200. The number of rotatable bonds is 3. The lowest BCUT2D eigenvalue weighted by atomic mass is 10.1. The first-order valence-electron chi connectivity index (χ1n) is 4.47. The predicted octanol–water partition coefficient (Wildman–Crippen LogP) is 0.467. The van der Waals surface area contributed by atoms with Crippen molar-refractivity contribution in [2.75, 3.05) is 6.61 Å². The Morgan fingerprint density at radius 3 is 2.27 bits per heavy atom. The van der Waals surface area contributed by atoms with E-state index < -0.39 is 11.9 Å². The molecule has 0 saturated heterocycles. The van der Waals surface area contributed by atoms with Crippen LogP contribution < -0.4 is 11.3 Å². The van der Waals surface area contributed by atoms with Crippen molar-refractivity contribution in [3.05, 3.63) is 35.4 Å². The topological polar surface area (TPSA) is 81.4 Å². The Bertz CT molecular complexity index is 359. The van der Waals surface area contributed by atoms with E-state index in [9.17, 15) is 9.59 Å². The van der Waals surface area contributed by atoms with E-state index in [-0.39, 0.29) is 0 Å². The van der Waals surface area contributed by atoms with E-state index >= 15 is 0 Å². The summed E-state index contributed by atoms with van der Waals surface area (Å²) in [5.74, 6) is 4.16. The highest BCUT2D eigenvalue weighted by atomic mass is 16.5. The lowest BCUT2D eigenvalue weighted by molar-refractivity contribution is 0.0526. The Balaban J connectivity index is 2.80. The van der Waals surface area contributed by atoms with E-state index in [0.29, 0.717) is 17.7 Å². The van der Waals surface area contributed by atoms with Crippen molar-refractivity contribution in [2.45, 2.75) is 6.92 Å². The number of esters is 1. The highest BCUT2D eigenvalue weighted by molar-refractivity contribution is 5.95. The van der Waals surface area contributed by atoms with E-state index in [1.807, 2.05) is 5.43 Å². The van der Waals surface area contributed by atoms with E-state index in [1.165, 1.54) is 24.3 Å². The summed E-state index contributed by atoms with van der Waals surface area (Å²) in [5, 5.41) is 0.